The van der Waals surface area contributed by atoms with Crippen molar-refractivity contribution in [1.29, 1.82) is 0 Å². The molecule has 1 amide bonds. The summed E-state index contributed by atoms with van der Waals surface area (Å²) in [4.78, 5) is 26.6. The van der Waals surface area contributed by atoms with Gasteiger partial charge in [0.25, 0.3) is 5.91 Å². The number of methoxy groups -OCH3 is 1. The summed E-state index contributed by atoms with van der Waals surface area (Å²) in [5, 5.41) is 0. The van der Waals surface area contributed by atoms with Crippen LogP contribution in [0.3, 0.4) is 0 Å². The van der Waals surface area contributed by atoms with Crippen LogP contribution in [0.15, 0.2) is 47.4 Å². The molecule has 0 fully saturated rings. The quantitative estimate of drug-likeness (QED) is 0.539. The molecule has 0 saturated heterocycles. The minimum Gasteiger partial charge on any atom is -0.483 e. The van der Waals surface area contributed by atoms with Crippen molar-refractivity contribution < 1.29 is 32.2 Å². The van der Waals surface area contributed by atoms with E-state index >= 15 is 0 Å². The van der Waals surface area contributed by atoms with Gasteiger partial charge in [0, 0.05) is 13.1 Å². The Morgan fingerprint density at radius 3 is 2.48 bits per heavy atom. The van der Waals surface area contributed by atoms with E-state index in [2.05, 4.69) is 0 Å². The van der Waals surface area contributed by atoms with Crippen LogP contribution in [0.2, 0.25) is 0 Å². The molecule has 1 aliphatic heterocycles. The molecular formula is C23H28N2O7S. The van der Waals surface area contributed by atoms with Crippen LogP contribution in [0.4, 0.5) is 5.69 Å². The molecular weight excluding hydrogens is 448 g/mol. The highest BCUT2D eigenvalue weighted by molar-refractivity contribution is 7.89. The molecule has 1 aliphatic rings. The number of hydrogen-bond donors (Lipinski definition) is 0. The summed E-state index contributed by atoms with van der Waals surface area (Å²) < 4.78 is 43.0. The Hall–Kier alpha value is -3.11. The lowest BCUT2D eigenvalue weighted by Gasteiger charge is -2.33. The van der Waals surface area contributed by atoms with Gasteiger partial charge in [-0.1, -0.05) is 26.0 Å². The molecule has 0 spiro atoms. The lowest BCUT2D eigenvalue weighted by atomic mass is 10.2. The lowest BCUT2D eigenvalue weighted by Crippen LogP contribution is -2.48. The maximum Gasteiger partial charge on any atom is 0.348 e. The Labute approximate surface area is 193 Å². The van der Waals surface area contributed by atoms with E-state index in [1.165, 1.54) is 28.4 Å². The van der Waals surface area contributed by atoms with E-state index in [1.54, 1.807) is 51.1 Å². The van der Waals surface area contributed by atoms with Gasteiger partial charge in [-0.25, -0.2) is 13.2 Å². The highest BCUT2D eigenvalue weighted by Crippen LogP contribution is 2.33. The highest BCUT2D eigenvalue weighted by Gasteiger charge is 2.34. The van der Waals surface area contributed by atoms with Crippen molar-refractivity contribution in [2.75, 3.05) is 38.3 Å². The third-order valence-electron chi connectivity index (χ3n) is 5.38. The Bertz CT molecular complexity index is 1130. The molecule has 0 aliphatic carbocycles. The van der Waals surface area contributed by atoms with Crippen molar-refractivity contribution in [3.63, 3.8) is 0 Å². The van der Waals surface area contributed by atoms with Crippen molar-refractivity contribution >= 4 is 27.6 Å². The van der Waals surface area contributed by atoms with Gasteiger partial charge in [0.2, 0.25) is 16.1 Å². The number of sulfonamides is 1. The zero-order chi connectivity index (χ0) is 24.2. The largest absolute Gasteiger partial charge is 0.483 e. The molecule has 0 aromatic heterocycles. The fraction of sp³-hybridized carbons (Fsp3) is 0.391. The van der Waals surface area contributed by atoms with Crippen molar-refractivity contribution in [2.24, 2.45) is 0 Å². The van der Waals surface area contributed by atoms with Crippen LogP contribution in [0.5, 0.6) is 11.5 Å². The number of anilines is 1. The average molecular weight is 477 g/mol. The topological polar surface area (TPSA) is 102 Å². The maximum absolute atomic E-state index is 13.0. The molecule has 178 valence electrons. The molecule has 9 nitrogen and oxygen atoms in total. The summed E-state index contributed by atoms with van der Waals surface area (Å²) in [7, 11) is -2.34. The van der Waals surface area contributed by atoms with Crippen LogP contribution < -0.4 is 14.4 Å². The zero-order valence-electron chi connectivity index (χ0n) is 19.1. The number of rotatable bonds is 8. The normalized spacial score (nSPS) is 15.5. The molecule has 0 N–H and O–H groups in total. The van der Waals surface area contributed by atoms with Crippen molar-refractivity contribution in [1.82, 2.24) is 4.31 Å². The first kappa shape index (κ1) is 24.5. The van der Waals surface area contributed by atoms with Crippen LogP contribution in [-0.4, -0.2) is 64.1 Å². The lowest BCUT2D eigenvalue weighted by molar-refractivity contribution is -0.148. The molecule has 0 unspecified atom stereocenters. The maximum atomic E-state index is 13.0. The predicted molar refractivity (Wildman–Crippen MR) is 122 cm³/mol. The number of nitrogens with zero attached hydrogens (tertiary/aromatic N) is 2. The third-order valence-corrected chi connectivity index (χ3v) is 7.43. The summed E-state index contributed by atoms with van der Waals surface area (Å²) in [6.45, 7) is 5.73. The van der Waals surface area contributed by atoms with Gasteiger partial charge in [-0.2, -0.15) is 4.31 Å². The summed E-state index contributed by atoms with van der Waals surface area (Å²) in [5.41, 5.74) is 1.12. The monoisotopic (exact) mass is 476 g/mol. The van der Waals surface area contributed by atoms with Gasteiger partial charge in [-0.15, -0.1) is 0 Å². The number of carbonyl (C=O) groups is 2. The Morgan fingerprint density at radius 2 is 1.85 bits per heavy atom. The zero-order valence-corrected chi connectivity index (χ0v) is 19.9. The predicted octanol–water partition coefficient (Wildman–Crippen LogP) is 2.37. The summed E-state index contributed by atoms with van der Waals surface area (Å²) in [5.74, 6) is -0.162. The average Bonchev–Trinajstić information content (AvgIpc) is 2.82. The molecule has 0 saturated carbocycles. The summed E-state index contributed by atoms with van der Waals surface area (Å²) >= 11 is 0. The molecule has 2 aromatic carbocycles. The van der Waals surface area contributed by atoms with Gasteiger partial charge in [-0.05, 0) is 42.8 Å². The number of hydrogen-bond acceptors (Lipinski definition) is 7. The van der Waals surface area contributed by atoms with Gasteiger partial charge in [-0.3, -0.25) is 4.79 Å². The molecule has 2 aromatic rings. The first-order chi connectivity index (χ1) is 15.7. The summed E-state index contributed by atoms with van der Waals surface area (Å²) in [6.07, 6.45) is -0.944. The van der Waals surface area contributed by atoms with Gasteiger partial charge in [0.15, 0.2) is 6.61 Å². The number of carbonyl (C=O) groups excluding carboxylic acids is 2. The molecule has 3 rings (SSSR count). The molecule has 10 heteroatoms. The Kier molecular flexibility index (Phi) is 7.60. The Balaban J connectivity index is 1.76. The number of amides is 1. The highest BCUT2D eigenvalue weighted by atomic mass is 32.2. The van der Waals surface area contributed by atoms with E-state index in [9.17, 15) is 18.0 Å². The van der Waals surface area contributed by atoms with Crippen molar-refractivity contribution in [3.05, 3.63) is 48.0 Å². The van der Waals surface area contributed by atoms with E-state index in [-0.39, 0.29) is 24.0 Å². The molecule has 1 heterocycles. The minimum absolute atomic E-state index is 0.00802. The molecule has 1 atom stereocenters. The van der Waals surface area contributed by atoms with Crippen LogP contribution in [0.25, 0.3) is 0 Å². The van der Waals surface area contributed by atoms with Crippen molar-refractivity contribution in [3.8, 4) is 11.5 Å². The fourth-order valence-electron chi connectivity index (χ4n) is 3.60. The number of ether oxygens (including phenoxy) is 3. The van der Waals surface area contributed by atoms with Gasteiger partial charge >= 0.3 is 5.97 Å². The van der Waals surface area contributed by atoms with E-state index in [0.717, 1.165) is 0 Å². The smallest absolute Gasteiger partial charge is 0.348 e. The molecule has 33 heavy (non-hydrogen) atoms. The second-order valence-electron chi connectivity index (χ2n) is 7.41. The van der Waals surface area contributed by atoms with Gasteiger partial charge < -0.3 is 19.1 Å². The van der Waals surface area contributed by atoms with Gasteiger partial charge in [0.05, 0.1) is 24.2 Å². The van der Waals surface area contributed by atoms with E-state index in [4.69, 9.17) is 14.2 Å². The second-order valence-corrected chi connectivity index (χ2v) is 9.34. The van der Waals surface area contributed by atoms with Crippen LogP contribution in [0.1, 0.15) is 19.4 Å². The standard InChI is InChI=1S/C23H28N2O7S/c1-5-24(6-2)33(28,29)17-11-12-19(16(3)13-17)31-15-22(26)25-14-21(23(27)30-4)32-20-10-8-7-9-18(20)25/h7-13,21H,5-6,14-15H2,1-4H3/t21-/m0/s1. The number of esters is 1. The van der Waals surface area contributed by atoms with Crippen LogP contribution in [-0.2, 0) is 24.3 Å². The number of para-hydroxylation sites is 2. The first-order valence-corrected chi connectivity index (χ1v) is 12.0. The van der Waals surface area contributed by atoms with E-state index < -0.39 is 22.1 Å². The fourth-order valence-corrected chi connectivity index (χ4v) is 5.14. The Morgan fingerprint density at radius 1 is 1.15 bits per heavy atom. The number of fused-ring (bicyclic) bond motifs is 1. The molecule has 0 bridgehead atoms. The van der Waals surface area contributed by atoms with Crippen LogP contribution in [0, 0.1) is 6.92 Å². The SMILES string of the molecule is CCN(CC)S(=O)(=O)c1ccc(OCC(=O)N2C[C@@H](C(=O)OC)Oc3ccccc32)c(C)c1. The third kappa shape index (κ3) is 5.12. The second kappa shape index (κ2) is 10.2. The van der Waals surface area contributed by atoms with Crippen molar-refractivity contribution in [2.45, 2.75) is 31.8 Å². The number of benzene rings is 2. The molecule has 0 radical (unpaired) electrons. The van der Waals surface area contributed by atoms with E-state index in [0.29, 0.717) is 35.8 Å². The summed E-state index contributed by atoms with van der Waals surface area (Å²) in [6, 6.07) is 11.4. The first-order valence-electron chi connectivity index (χ1n) is 10.6. The van der Waals surface area contributed by atoms with Gasteiger partial charge in [0.1, 0.15) is 11.5 Å². The number of aryl methyl sites for hydroxylation is 1. The minimum atomic E-state index is -3.59. The van der Waals surface area contributed by atoms with E-state index in [1.807, 2.05) is 0 Å². The van der Waals surface area contributed by atoms with Crippen LogP contribution >= 0.6 is 0 Å².